The van der Waals surface area contributed by atoms with Gasteiger partial charge in [0.2, 0.25) is 15.0 Å². The normalized spacial score (nSPS) is 18.3. The van der Waals surface area contributed by atoms with Crippen molar-refractivity contribution in [3.63, 3.8) is 0 Å². The molecule has 1 aromatic rings. The first-order valence-electron chi connectivity index (χ1n) is 6.73. The quantitative estimate of drug-likeness (QED) is 0.602. The minimum absolute atomic E-state index is 0.0241. The predicted octanol–water partition coefficient (Wildman–Crippen LogP) is 1.84. The summed E-state index contributed by atoms with van der Waals surface area (Å²) in [6.07, 6.45) is 0.0241. The summed E-state index contributed by atoms with van der Waals surface area (Å²) in [5.74, 6) is -2.67. The number of carbonyl (C=O) groups is 2. The Kier molecular flexibility index (Phi) is 4.95. The maximum Gasteiger partial charge on any atom is 0.340 e. The number of nitrogens with zero attached hydrogens (tertiary/aromatic N) is 1. The number of esters is 1. The minimum Gasteiger partial charge on any atom is -0.465 e. The molecule has 0 spiro atoms. The van der Waals surface area contributed by atoms with E-state index >= 15 is 0 Å². The molecule has 1 fully saturated rings. The molecule has 0 radical (unpaired) electrons. The maximum atomic E-state index is 13.9. The molecular weight excluding hydrogens is 349 g/mol. The lowest BCUT2D eigenvalue weighted by Crippen LogP contribution is -2.26. The topological polar surface area (TPSA) is 80.8 Å². The highest BCUT2D eigenvalue weighted by Crippen LogP contribution is 2.31. The molecule has 0 saturated carbocycles. The SMILES string of the molecule is COC(=O)c1cc(N2CC(CS(=O)(=O)Cl)CC2=O)c(C)cc1F. The highest BCUT2D eigenvalue weighted by Gasteiger charge is 2.34. The van der Waals surface area contributed by atoms with E-state index < -0.39 is 26.8 Å². The van der Waals surface area contributed by atoms with Crippen LogP contribution >= 0.6 is 10.7 Å². The van der Waals surface area contributed by atoms with Crippen LogP contribution in [-0.4, -0.2) is 39.7 Å². The average molecular weight is 364 g/mol. The van der Waals surface area contributed by atoms with Crippen LogP contribution in [-0.2, 0) is 18.6 Å². The number of benzene rings is 1. The summed E-state index contributed by atoms with van der Waals surface area (Å²) in [6, 6.07) is 2.38. The van der Waals surface area contributed by atoms with Crippen molar-refractivity contribution < 1.29 is 27.1 Å². The van der Waals surface area contributed by atoms with Crippen LogP contribution in [0.3, 0.4) is 0 Å². The van der Waals surface area contributed by atoms with Crippen molar-refractivity contribution in [2.24, 2.45) is 5.92 Å². The van der Waals surface area contributed by atoms with E-state index in [0.717, 1.165) is 13.2 Å². The summed E-state index contributed by atoms with van der Waals surface area (Å²) in [7, 11) is 2.63. The summed E-state index contributed by atoms with van der Waals surface area (Å²) in [5, 5.41) is 0. The summed E-state index contributed by atoms with van der Waals surface area (Å²) < 4.78 is 40.7. The van der Waals surface area contributed by atoms with Crippen LogP contribution in [0, 0.1) is 18.7 Å². The van der Waals surface area contributed by atoms with Crippen molar-refractivity contribution in [3.8, 4) is 0 Å². The lowest BCUT2D eigenvalue weighted by Gasteiger charge is -2.20. The van der Waals surface area contributed by atoms with E-state index in [9.17, 15) is 22.4 Å². The number of aryl methyl sites for hydroxylation is 1. The van der Waals surface area contributed by atoms with Gasteiger partial charge >= 0.3 is 5.97 Å². The molecule has 23 heavy (non-hydrogen) atoms. The molecule has 2 rings (SSSR count). The van der Waals surface area contributed by atoms with E-state index in [4.69, 9.17) is 10.7 Å². The Morgan fingerprint density at radius 1 is 1.48 bits per heavy atom. The van der Waals surface area contributed by atoms with Crippen LogP contribution in [0.1, 0.15) is 22.3 Å². The second kappa shape index (κ2) is 6.45. The fourth-order valence-electron chi connectivity index (χ4n) is 2.63. The monoisotopic (exact) mass is 363 g/mol. The average Bonchev–Trinajstić information content (AvgIpc) is 2.76. The van der Waals surface area contributed by atoms with Gasteiger partial charge in [-0.15, -0.1) is 0 Å². The van der Waals surface area contributed by atoms with Crippen LogP contribution in [0.5, 0.6) is 0 Å². The molecule has 0 bridgehead atoms. The fraction of sp³-hybridized carbons (Fsp3) is 0.429. The largest absolute Gasteiger partial charge is 0.465 e. The molecule has 1 atom stereocenters. The highest BCUT2D eigenvalue weighted by molar-refractivity contribution is 8.13. The van der Waals surface area contributed by atoms with Gasteiger partial charge in [-0.3, -0.25) is 4.79 Å². The molecule has 0 aromatic heterocycles. The summed E-state index contributed by atoms with van der Waals surface area (Å²) >= 11 is 0. The molecule has 1 amide bonds. The number of halogens is 2. The number of ether oxygens (including phenoxy) is 1. The Bertz CT molecular complexity index is 765. The molecule has 1 unspecified atom stereocenters. The van der Waals surface area contributed by atoms with Crippen molar-refractivity contribution in [3.05, 3.63) is 29.1 Å². The molecular formula is C14H15ClFNO5S. The molecule has 1 aliphatic heterocycles. The third-order valence-electron chi connectivity index (χ3n) is 3.62. The summed E-state index contributed by atoms with van der Waals surface area (Å²) in [4.78, 5) is 25.1. The number of anilines is 1. The zero-order chi connectivity index (χ0) is 17.4. The number of methoxy groups -OCH3 is 1. The Balaban J connectivity index is 2.35. The van der Waals surface area contributed by atoms with Crippen LogP contribution in [0.15, 0.2) is 12.1 Å². The van der Waals surface area contributed by atoms with Crippen LogP contribution in [0.4, 0.5) is 10.1 Å². The third kappa shape index (κ3) is 4.00. The van der Waals surface area contributed by atoms with Gasteiger partial charge in [0.1, 0.15) is 5.82 Å². The van der Waals surface area contributed by atoms with E-state index in [1.54, 1.807) is 6.92 Å². The number of hydrogen-bond donors (Lipinski definition) is 0. The second-order valence-electron chi connectivity index (χ2n) is 5.39. The van der Waals surface area contributed by atoms with Gasteiger partial charge in [-0.25, -0.2) is 17.6 Å². The minimum atomic E-state index is -3.72. The maximum absolute atomic E-state index is 13.9. The Morgan fingerprint density at radius 2 is 2.13 bits per heavy atom. The van der Waals surface area contributed by atoms with E-state index in [-0.39, 0.29) is 30.2 Å². The van der Waals surface area contributed by atoms with Gasteiger partial charge in [0.25, 0.3) is 0 Å². The van der Waals surface area contributed by atoms with Crippen molar-refractivity contribution in [2.45, 2.75) is 13.3 Å². The molecule has 1 aromatic carbocycles. The Morgan fingerprint density at radius 3 is 2.70 bits per heavy atom. The summed E-state index contributed by atoms with van der Waals surface area (Å²) in [5.41, 5.74) is 0.526. The first kappa shape index (κ1) is 17.7. The molecule has 126 valence electrons. The lowest BCUT2D eigenvalue weighted by atomic mass is 10.1. The van der Waals surface area contributed by atoms with Crippen molar-refractivity contribution in [1.29, 1.82) is 0 Å². The highest BCUT2D eigenvalue weighted by atomic mass is 35.7. The standard InChI is InChI=1S/C14H15ClFNO5S/c1-8-3-11(16)10(14(19)22-2)5-12(8)17-6-9(4-13(17)18)7-23(15,20)21/h3,5,9H,4,6-7H2,1-2H3. The van der Waals surface area contributed by atoms with Gasteiger partial charge in [0, 0.05) is 35.3 Å². The number of rotatable bonds is 4. The molecule has 1 heterocycles. The summed E-state index contributed by atoms with van der Waals surface area (Å²) in [6.45, 7) is 1.73. The van der Waals surface area contributed by atoms with Gasteiger partial charge in [-0.05, 0) is 24.6 Å². The van der Waals surface area contributed by atoms with E-state index in [2.05, 4.69) is 4.74 Å². The van der Waals surface area contributed by atoms with Crippen LogP contribution in [0.25, 0.3) is 0 Å². The molecule has 0 aliphatic carbocycles. The van der Waals surface area contributed by atoms with Crippen LogP contribution < -0.4 is 4.90 Å². The molecule has 1 saturated heterocycles. The third-order valence-corrected chi connectivity index (χ3v) is 4.87. The Labute approximate surface area is 137 Å². The van der Waals surface area contributed by atoms with Gasteiger partial charge in [-0.1, -0.05) is 0 Å². The van der Waals surface area contributed by atoms with Gasteiger partial charge < -0.3 is 9.64 Å². The second-order valence-corrected chi connectivity index (χ2v) is 8.21. The van der Waals surface area contributed by atoms with Crippen molar-refractivity contribution in [1.82, 2.24) is 0 Å². The van der Waals surface area contributed by atoms with Crippen molar-refractivity contribution in [2.75, 3.05) is 24.3 Å². The van der Waals surface area contributed by atoms with E-state index in [0.29, 0.717) is 11.3 Å². The fourth-order valence-corrected chi connectivity index (χ4v) is 3.95. The first-order chi connectivity index (χ1) is 10.6. The van der Waals surface area contributed by atoms with Gasteiger partial charge in [0.15, 0.2) is 0 Å². The molecule has 0 N–H and O–H groups in total. The predicted molar refractivity (Wildman–Crippen MR) is 82.6 cm³/mol. The smallest absolute Gasteiger partial charge is 0.340 e. The number of carbonyl (C=O) groups excluding carboxylic acids is 2. The number of hydrogen-bond acceptors (Lipinski definition) is 5. The zero-order valence-corrected chi connectivity index (χ0v) is 14.1. The molecule has 9 heteroatoms. The van der Waals surface area contributed by atoms with Crippen molar-refractivity contribution >= 4 is 37.3 Å². The van der Waals surface area contributed by atoms with Gasteiger partial charge in [-0.2, -0.15) is 0 Å². The molecule has 6 nitrogen and oxygen atoms in total. The molecule has 1 aliphatic rings. The number of amides is 1. The lowest BCUT2D eigenvalue weighted by molar-refractivity contribution is -0.117. The van der Waals surface area contributed by atoms with Crippen LogP contribution in [0.2, 0.25) is 0 Å². The van der Waals surface area contributed by atoms with E-state index in [1.165, 1.54) is 11.0 Å². The zero-order valence-electron chi connectivity index (χ0n) is 12.5. The van der Waals surface area contributed by atoms with Gasteiger partial charge in [0.05, 0.1) is 18.4 Å². The Hall–Kier alpha value is -1.67. The van der Waals surface area contributed by atoms with E-state index in [1.807, 2.05) is 0 Å². The first-order valence-corrected chi connectivity index (χ1v) is 9.21.